The van der Waals surface area contributed by atoms with Gasteiger partial charge in [0.15, 0.2) is 0 Å². The maximum atomic E-state index is 5.45. The van der Waals surface area contributed by atoms with Crippen molar-refractivity contribution in [1.82, 2.24) is 5.16 Å². The molecule has 1 aliphatic carbocycles. The van der Waals surface area contributed by atoms with Gasteiger partial charge in [0.1, 0.15) is 0 Å². The SMILES string of the molecule is Nc1cc(CC2CCCCC2)no1. The van der Waals surface area contributed by atoms with Gasteiger partial charge in [-0.1, -0.05) is 37.3 Å². The smallest absolute Gasteiger partial charge is 0.222 e. The van der Waals surface area contributed by atoms with Crippen LogP contribution in [0.3, 0.4) is 0 Å². The van der Waals surface area contributed by atoms with Gasteiger partial charge < -0.3 is 10.3 Å². The van der Waals surface area contributed by atoms with Gasteiger partial charge in [0, 0.05) is 6.07 Å². The lowest BCUT2D eigenvalue weighted by Crippen LogP contribution is -2.09. The Kier molecular flexibility index (Phi) is 2.52. The van der Waals surface area contributed by atoms with Crippen LogP contribution in [0, 0.1) is 5.92 Å². The van der Waals surface area contributed by atoms with Gasteiger partial charge in [-0.25, -0.2) is 0 Å². The van der Waals surface area contributed by atoms with Crippen LogP contribution in [0.15, 0.2) is 10.6 Å². The Balaban J connectivity index is 1.89. The van der Waals surface area contributed by atoms with E-state index in [2.05, 4.69) is 5.16 Å². The van der Waals surface area contributed by atoms with Crippen LogP contribution in [0.5, 0.6) is 0 Å². The minimum Gasteiger partial charge on any atom is -0.368 e. The van der Waals surface area contributed by atoms with Crippen LogP contribution in [0.25, 0.3) is 0 Å². The second-order valence-corrected chi connectivity index (χ2v) is 3.93. The fraction of sp³-hybridized carbons (Fsp3) is 0.700. The molecule has 0 amide bonds. The summed E-state index contributed by atoms with van der Waals surface area (Å²) in [5.74, 6) is 1.24. The van der Waals surface area contributed by atoms with Gasteiger partial charge in [-0.05, 0) is 12.3 Å². The highest BCUT2D eigenvalue weighted by Gasteiger charge is 2.15. The fourth-order valence-corrected chi connectivity index (χ4v) is 2.11. The lowest BCUT2D eigenvalue weighted by atomic mass is 9.86. The number of nitrogens with zero attached hydrogens (tertiary/aromatic N) is 1. The molecule has 2 rings (SSSR count). The summed E-state index contributed by atoms with van der Waals surface area (Å²) in [6, 6.07) is 1.84. The van der Waals surface area contributed by atoms with Crippen LogP contribution in [0.2, 0.25) is 0 Å². The molecule has 1 aliphatic rings. The summed E-state index contributed by atoms with van der Waals surface area (Å²) in [6.45, 7) is 0. The van der Waals surface area contributed by atoms with Crippen LogP contribution in [-0.4, -0.2) is 5.16 Å². The van der Waals surface area contributed by atoms with E-state index in [1.165, 1.54) is 32.1 Å². The summed E-state index contributed by atoms with van der Waals surface area (Å²) in [5.41, 5.74) is 6.47. The van der Waals surface area contributed by atoms with E-state index in [-0.39, 0.29) is 0 Å². The first-order valence-corrected chi connectivity index (χ1v) is 5.05. The lowest BCUT2D eigenvalue weighted by molar-refractivity contribution is 0.345. The monoisotopic (exact) mass is 180 g/mol. The third-order valence-electron chi connectivity index (χ3n) is 2.80. The Labute approximate surface area is 78.3 Å². The van der Waals surface area contributed by atoms with E-state index < -0.39 is 0 Å². The second kappa shape index (κ2) is 3.81. The minimum absolute atomic E-state index is 0.436. The van der Waals surface area contributed by atoms with Gasteiger partial charge in [0.2, 0.25) is 5.88 Å². The van der Waals surface area contributed by atoms with E-state index in [0.29, 0.717) is 5.88 Å². The molecule has 2 N–H and O–H groups in total. The lowest BCUT2D eigenvalue weighted by Gasteiger charge is -2.19. The van der Waals surface area contributed by atoms with Gasteiger partial charge in [-0.15, -0.1) is 0 Å². The number of nitrogens with two attached hydrogens (primary N) is 1. The van der Waals surface area contributed by atoms with Crippen LogP contribution >= 0.6 is 0 Å². The largest absolute Gasteiger partial charge is 0.368 e. The molecule has 1 saturated carbocycles. The average molecular weight is 180 g/mol. The minimum atomic E-state index is 0.436. The summed E-state index contributed by atoms with van der Waals surface area (Å²) in [6.07, 6.45) is 7.87. The van der Waals surface area contributed by atoms with Gasteiger partial charge in [-0.3, -0.25) is 0 Å². The zero-order chi connectivity index (χ0) is 9.10. The molecule has 1 heterocycles. The Hall–Kier alpha value is -0.990. The number of hydrogen-bond acceptors (Lipinski definition) is 3. The molecule has 1 fully saturated rings. The first kappa shape index (κ1) is 8.60. The van der Waals surface area contributed by atoms with E-state index in [0.717, 1.165) is 18.0 Å². The quantitative estimate of drug-likeness (QED) is 0.760. The zero-order valence-electron chi connectivity index (χ0n) is 7.83. The van der Waals surface area contributed by atoms with Crippen molar-refractivity contribution in [3.8, 4) is 0 Å². The molecule has 1 aromatic rings. The molecule has 0 unspecified atom stereocenters. The van der Waals surface area contributed by atoms with Crippen molar-refractivity contribution < 1.29 is 4.52 Å². The molecule has 0 saturated heterocycles. The molecule has 0 bridgehead atoms. The highest BCUT2D eigenvalue weighted by atomic mass is 16.5. The Bertz CT molecular complexity index is 264. The highest BCUT2D eigenvalue weighted by molar-refractivity contribution is 5.24. The van der Waals surface area contributed by atoms with Crippen molar-refractivity contribution in [2.24, 2.45) is 5.92 Å². The topological polar surface area (TPSA) is 52.0 Å². The van der Waals surface area contributed by atoms with E-state index >= 15 is 0 Å². The molecule has 0 atom stereocenters. The van der Waals surface area contributed by atoms with Crippen LogP contribution < -0.4 is 5.73 Å². The zero-order valence-corrected chi connectivity index (χ0v) is 7.83. The maximum Gasteiger partial charge on any atom is 0.222 e. The number of anilines is 1. The molecule has 3 nitrogen and oxygen atoms in total. The van der Waals surface area contributed by atoms with E-state index in [1.807, 2.05) is 6.07 Å². The van der Waals surface area contributed by atoms with Crippen LogP contribution in [0.1, 0.15) is 37.8 Å². The Morgan fingerprint density at radius 3 is 2.77 bits per heavy atom. The number of hydrogen-bond donors (Lipinski definition) is 1. The van der Waals surface area contributed by atoms with Gasteiger partial charge in [0.25, 0.3) is 0 Å². The van der Waals surface area contributed by atoms with Crippen molar-refractivity contribution in [3.63, 3.8) is 0 Å². The highest BCUT2D eigenvalue weighted by Crippen LogP contribution is 2.26. The van der Waals surface area contributed by atoms with Crippen molar-refractivity contribution in [1.29, 1.82) is 0 Å². The molecule has 0 aromatic carbocycles. The van der Waals surface area contributed by atoms with Gasteiger partial charge in [-0.2, -0.15) is 0 Å². The summed E-state index contributed by atoms with van der Waals surface area (Å²) >= 11 is 0. The molecule has 13 heavy (non-hydrogen) atoms. The molecular weight excluding hydrogens is 164 g/mol. The van der Waals surface area contributed by atoms with Crippen molar-refractivity contribution >= 4 is 5.88 Å². The predicted molar refractivity (Wildman–Crippen MR) is 51.2 cm³/mol. The molecule has 0 aliphatic heterocycles. The standard InChI is InChI=1S/C10H16N2O/c11-10-7-9(12-13-10)6-8-4-2-1-3-5-8/h7-8H,1-6,11H2. The summed E-state index contributed by atoms with van der Waals surface area (Å²) in [5, 5.41) is 3.91. The number of aromatic nitrogens is 1. The maximum absolute atomic E-state index is 5.45. The fourth-order valence-electron chi connectivity index (χ4n) is 2.11. The van der Waals surface area contributed by atoms with Crippen LogP contribution in [0.4, 0.5) is 5.88 Å². The predicted octanol–water partition coefficient (Wildman–Crippen LogP) is 2.38. The summed E-state index contributed by atoms with van der Waals surface area (Å²) in [4.78, 5) is 0. The first-order valence-electron chi connectivity index (χ1n) is 5.05. The molecule has 72 valence electrons. The number of rotatable bonds is 2. The second-order valence-electron chi connectivity index (χ2n) is 3.93. The van der Waals surface area contributed by atoms with E-state index in [4.69, 9.17) is 10.3 Å². The third kappa shape index (κ3) is 2.23. The first-order chi connectivity index (χ1) is 6.34. The molecule has 3 heteroatoms. The van der Waals surface area contributed by atoms with Gasteiger partial charge in [0.05, 0.1) is 5.69 Å². The van der Waals surface area contributed by atoms with Crippen molar-refractivity contribution in [3.05, 3.63) is 11.8 Å². The molecular formula is C10H16N2O. The average Bonchev–Trinajstić information content (AvgIpc) is 2.53. The summed E-state index contributed by atoms with van der Waals surface area (Å²) < 4.78 is 4.83. The Morgan fingerprint density at radius 2 is 2.15 bits per heavy atom. The summed E-state index contributed by atoms with van der Waals surface area (Å²) in [7, 11) is 0. The Morgan fingerprint density at radius 1 is 1.38 bits per heavy atom. The van der Waals surface area contributed by atoms with Gasteiger partial charge >= 0.3 is 0 Å². The normalized spacial score (nSPS) is 19.1. The third-order valence-corrected chi connectivity index (χ3v) is 2.80. The molecule has 1 aromatic heterocycles. The number of nitrogen functional groups attached to an aromatic ring is 1. The molecule has 0 radical (unpaired) electrons. The van der Waals surface area contributed by atoms with Crippen LogP contribution in [-0.2, 0) is 6.42 Å². The van der Waals surface area contributed by atoms with Crippen molar-refractivity contribution in [2.45, 2.75) is 38.5 Å². The molecule has 0 spiro atoms. The van der Waals surface area contributed by atoms with E-state index in [1.54, 1.807) is 0 Å². The van der Waals surface area contributed by atoms with Crippen molar-refractivity contribution in [2.75, 3.05) is 5.73 Å². The van der Waals surface area contributed by atoms with E-state index in [9.17, 15) is 0 Å².